The summed E-state index contributed by atoms with van der Waals surface area (Å²) in [5, 5.41) is 13.5. The van der Waals surface area contributed by atoms with E-state index >= 15 is 0 Å². The predicted molar refractivity (Wildman–Crippen MR) is 176 cm³/mol. The molecule has 0 saturated carbocycles. The first kappa shape index (κ1) is 35.3. The summed E-state index contributed by atoms with van der Waals surface area (Å²) < 4.78 is 69.0. The molecule has 0 fully saturated rings. The number of likely N-dealkylation sites (N-methyl/N-ethyl adjacent to an activating group) is 1. The fourth-order valence-electron chi connectivity index (χ4n) is 4.99. The van der Waals surface area contributed by atoms with E-state index in [4.69, 9.17) is 9.47 Å². The van der Waals surface area contributed by atoms with Gasteiger partial charge in [0.05, 0.1) is 30.4 Å². The summed E-state index contributed by atoms with van der Waals surface area (Å²) in [7, 11) is -6.08. The minimum absolute atomic E-state index is 0.0711. The number of hydrogen-bond donors (Lipinski definition) is 2. The Morgan fingerprint density at radius 3 is 2.40 bits per heavy atom. The Morgan fingerprint density at radius 2 is 1.76 bits per heavy atom. The summed E-state index contributed by atoms with van der Waals surface area (Å²) in [4.78, 5) is 15.8. The van der Waals surface area contributed by atoms with Crippen molar-refractivity contribution in [2.45, 2.75) is 66.7 Å². The van der Waals surface area contributed by atoms with E-state index in [-0.39, 0.29) is 51.4 Å². The highest BCUT2D eigenvalue weighted by molar-refractivity contribution is 7.94. The number of amides is 1. The number of thiophene rings is 2. The molecule has 1 aliphatic rings. The van der Waals surface area contributed by atoms with Gasteiger partial charge in [-0.2, -0.15) is 4.31 Å². The minimum Gasteiger partial charge on any atom is -0.490 e. The van der Waals surface area contributed by atoms with Crippen molar-refractivity contribution in [1.29, 1.82) is 0 Å². The lowest BCUT2D eigenvalue weighted by atomic mass is 10.0. The van der Waals surface area contributed by atoms with Crippen LogP contribution in [0.1, 0.15) is 50.4 Å². The smallest absolute Gasteiger partial charge is 0.271 e. The van der Waals surface area contributed by atoms with E-state index in [9.17, 15) is 26.7 Å². The number of aliphatic hydroxyl groups is 1. The van der Waals surface area contributed by atoms with Crippen molar-refractivity contribution in [3.05, 3.63) is 58.8 Å². The second kappa shape index (κ2) is 15.4. The first-order chi connectivity index (χ1) is 21.3. The maximum atomic E-state index is 14.3. The van der Waals surface area contributed by atoms with Crippen molar-refractivity contribution in [3.8, 4) is 5.75 Å². The average Bonchev–Trinajstić information content (AvgIpc) is 3.74. The molecule has 0 radical (unpaired) electrons. The van der Waals surface area contributed by atoms with Crippen LogP contribution in [0.5, 0.6) is 5.75 Å². The molecule has 0 spiro atoms. The van der Waals surface area contributed by atoms with Crippen molar-refractivity contribution in [1.82, 2.24) is 9.21 Å². The zero-order valence-electron chi connectivity index (χ0n) is 25.8. The van der Waals surface area contributed by atoms with E-state index in [0.717, 1.165) is 35.5 Å². The molecule has 0 aliphatic carbocycles. The van der Waals surface area contributed by atoms with Crippen LogP contribution in [-0.4, -0.2) is 88.7 Å². The van der Waals surface area contributed by atoms with Crippen LogP contribution in [-0.2, 0) is 24.8 Å². The van der Waals surface area contributed by atoms with Gasteiger partial charge in [-0.1, -0.05) is 19.1 Å². The molecule has 45 heavy (non-hydrogen) atoms. The van der Waals surface area contributed by atoms with Crippen LogP contribution in [0.4, 0.5) is 5.69 Å². The maximum Gasteiger partial charge on any atom is 0.271 e. The second-order valence-electron chi connectivity index (χ2n) is 11.3. The summed E-state index contributed by atoms with van der Waals surface area (Å²) in [6.07, 6.45) is 1.37. The van der Waals surface area contributed by atoms with Gasteiger partial charge in [0.2, 0.25) is 0 Å². The quantitative estimate of drug-likeness (QED) is 0.327. The molecule has 15 heteroatoms. The van der Waals surface area contributed by atoms with Gasteiger partial charge in [-0.05, 0) is 74.2 Å². The Balaban J connectivity index is 1.67. The maximum absolute atomic E-state index is 14.3. The SMILES string of the molecule is C[C@H](CO)N1C[C@H](C)[C@@H](CN(C)S(=O)(=O)c2cccs2)OCCCC[C@H](C)Oc2ccc(NS(=O)(=O)c3cccs3)cc2C1=O. The molecule has 3 heterocycles. The number of carbonyl (C=O) groups is 1. The molecule has 2 aromatic heterocycles. The summed E-state index contributed by atoms with van der Waals surface area (Å²) in [5.41, 5.74) is 0.340. The summed E-state index contributed by atoms with van der Waals surface area (Å²) >= 11 is 2.22. The predicted octanol–water partition coefficient (Wildman–Crippen LogP) is 4.73. The number of sulfonamides is 2. The van der Waals surface area contributed by atoms with E-state index in [1.165, 1.54) is 28.4 Å². The van der Waals surface area contributed by atoms with Crippen molar-refractivity contribution in [2.24, 2.45) is 5.92 Å². The summed E-state index contributed by atoms with van der Waals surface area (Å²) in [6.45, 7) is 5.79. The summed E-state index contributed by atoms with van der Waals surface area (Å²) in [6, 6.07) is 10.4. The number of benzene rings is 1. The number of hydrogen-bond acceptors (Lipinski definition) is 10. The molecule has 0 unspecified atom stereocenters. The molecule has 4 atom stereocenters. The Labute approximate surface area is 273 Å². The van der Waals surface area contributed by atoms with Crippen molar-refractivity contribution in [3.63, 3.8) is 0 Å². The molecule has 3 aromatic rings. The van der Waals surface area contributed by atoms with Gasteiger partial charge in [0.25, 0.3) is 26.0 Å². The van der Waals surface area contributed by atoms with E-state index in [1.54, 1.807) is 48.0 Å². The number of rotatable bonds is 9. The number of nitrogens with zero attached hydrogens (tertiary/aromatic N) is 2. The zero-order chi connectivity index (χ0) is 32.8. The largest absolute Gasteiger partial charge is 0.490 e. The van der Waals surface area contributed by atoms with Crippen molar-refractivity contribution < 1.29 is 36.2 Å². The van der Waals surface area contributed by atoms with Crippen LogP contribution in [0.2, 0.25) is 0 Å². The minimum atomic E-state index is -3.87. The van der Waals surface area contributed by atoms with Crippen LogP contribution in [0, 0.1) is 5.92 Å². The van der Waals surface area contributed by atoms with Crippen LogP contribution in [0.3, 0.4) is 0 Å². The molecule has 4 rings (SSSR count). The highest BCUT2D eigenvalue weighted by atomic mass is 32.3. The Morgan fingerprint density at radius 1 is 1.07 bits per heavy atom. The zero-order valence-corrected chi connectivity index (χ0v) is 29.1. The fraction of sp³-hybridized carbons (Fsp3) is 0.500. The van der Waals surface area contributed by atoms with E-state index in [2.05, 4.69) is 4.72 Å². The van der Waals surface area contributed by atoms with Crippen molar-refractivity contribution in [2.75, 3.05) is 38.1 Å². The third-order valence-corrected chi connectivity index (χ3v) is 13.6. The molecule has 1 aliphatic heterocycles. The van der Waals surface area contributed by atoms with Gasteiger partial charge in [0, 0.05) is 38.3 Å². The molecular weight excluding hydrogens is 659 g/mol. The second-order valence-corrected chi connectivity index (χ2v) is 17.3. The number of aliphatic hydroxyl groups excluding tert-OH is 1. The number of ether oxygens (including phenoxy) is 2. The Kier molecular flexibility index (Phi) is 12.1. The molecule has 248 valence electrons. The van der Waals surface area contributed by atoms with Crippen LogP contribution in [0.15, 0.2) is 61.6 Å². The third kappa shape index (κ3) is 8.84. The molecule has 0 bridgehead atoms. The molecule has 2 N–H and O–H groups in total. The first-order valence-electron chi connectivity index (χ1n) is 14.7. The van der Waals surface area contributed by atoms with Crippen LogP contribution >= 0.6 is 22.7 Å². The van der Waals surface area contributed by atoms with Crippen LogP contribution < -0.4 is 9.46 Å². The number of fused-ring (bicyclic) bond motifs is 1. The van der Waals surface area contributed by atoms with Gasteiger partial charge in [-0.25, -0.2) is 16.8 Å². The molecule has 1 amide bonds. The highest BCUT2D eigenvalue weighted by Crippen LogP contribution is 2.30. The first-order valence-corrected chi connectivity index (χ1v) is 19.4. The lowest BCUT2D eigenvalue weighted by Crippen LogP contribution is -2.48. The number of nitrogens with one attached hydrogen (secondary N) is 1. The Hall–Kier alpha value is -2.53. The topological polar surface area (TPSA) is 143 Å². The van der Waals surface area contributed by atoms with E-state index in [0.29, 0.717) is 18.8 Å². The van der Waals surface area contributed by atoms with E-state index in [1.807, 2.05) is 13.8 Å². The average molecular weight is 700 g/mol. The molecule has 1 aromatic carbocycles. The summed E-state index contributed by atoms with van der Waals surface area (Å²) in [5.74, 6) is -0.491. The van der Waals surface area contributed by atoms with Crippen LogP contribution in [0.25, 0.3) is 0 Å². The highest BCUT2D eigenvalue weighted by Gasteiger charge is 2.33. The monoisotopic (exact) mass is 699 g/mol. The Bertz CT molecular complexity index is 1610. The van der Waals surface area contributed by atoms with Gasteiger partial charge < -0.3 is 19.5 Å². The normalized spacial score (nSPS) is 21.5. The number of anilines is 1. The number of carbonyl (C=O) groups excluding carboxylic acids is 1. The lowest BCUT2D eigenvalue weighted by molar-refractivity contribution is -0.00832. The lowest BCUT2D eigenvalue weighted by Gasteiger charge is -2.35. The third-order valence-electron chi connectivity index (χ3n) is 7.66. The van der Waals surface area contributed by atoms with Gasteiger partial charge in [-0.3, -0.25) is 9.52 Å². The molecule has 0 saturated heterocycles. The van der Waals surface area contributed by atoms with Gasteiger partial charge in [-0.15, -0.1) is 22.7 Å². The fourth-order valence-corrected chi connectivity index (χ4v) is 9.41. The molecule has 11 nitrogen and oxygen atoms in total. The van der Waals surface area contributed by atoms with Gasteiger partial charge >= 0.3 is 0 Å². The molecular formula is C30H41N3O8S4. The standard InChI is InChI=1S/C30H41N3O8S4/c1-21-18-33(22(2)20-34)30(35)25-17-24(31-44(36,37)28-10-7-15-42-28)12-13-26(25)41-23(3)9-5-6-14-40-27(21)19-32(4)45(38,39)29-11-8-16-43-29/h7-8,10-13,15-17,21-23,27,31,34H,5-6,9,14,18-20H2,1-4H3/t21-,22+,23-,27+/m0/s1. The van der Waals surface area contributed by atoms with E-state index < -0.39 is 38.1 Å². The van der Waals surface area contributed by atoms with Gasteiger partial charge in [0.1, 0.15) is 14.2 Å². The van der Waals surface area contributed by atoms with Gasteiger partial charge in [0.15, 0.2) is 0 Å². The van der Waals surface area contributed by atoms with Crippen molar-refractivity contribution >= 4 is 54.3 Å².